The van der Waals surface area contributed by atoms with Crippen LogP contribution in [-0.4, -0.2) is 59.8 Å². The summed E-state index contributed by atoms with van der Waals surface area (Å²) in [4.78, 5) is 11.6. The topological polar surface area (TPSA) is 78.6 Å². The second-order valence-corrected chi connectivity index (χ2v) is 8.12. The van der Waals surface area contributed by atoms with E-state index in [1.54, 1.807) is 0 Å². The molecule has 0 saturated carbocycles. The summed E-state index contributed by atoms with van der Waals surface area (Å²) in [5.74, 6) is 1.95. The number of likely N-dealkylation sites (tertiary alicyclic amines) is 1. The Kier molecular flexibility index (Phi) is 8.28. The van der Waals surface area contributed by atoms with Gasteiger partial charge in [-0.3, -0.25) is 9.89 Å². The predicted molar refractivity (Wildman–Crippen MR) is 122 cm³/mol. The van der Waals surface area contributed by atoms with Crippen molar-refractivity contribution in [3.8, 4) is 11.4 Å². The van der Waals surface area contributed by atoms with E-state index in [2.05, 4.69) is 51.1 Å². The molecular formula is C22H31ClN6O. The average Bonchev–Trinajstić information content (AvgIpc) is 3.18. The van der Waals surface area contributed by atoms with Gasteiger partial charge in [0.25, 0.3) is 0 Å². The smallest absolute Gasteiger partial charge is 0.228 e. The van der Waals surface area contributed by atoms with Crippen molar-refractivity contribution in [2.75, 3.05) is 32.7 Å². The normalized spacial score (nSPS) is 15.9. The Labute approximate surface area is 183 Å². The minimum atomic E-state index is 0.432. The maximum Gasteiger partial charge on any atom is 0.228 e. The maximum absolute atomic E-state index is 6.04. The van der Waals surface area contributed by atoms with Gasteiger partial charge in [0.2, 0.25) is 11.7 Å². The second kappa shape index (κ2) is 11.1. The number of benzene rings is 1. The summed E-state index contributed by atoms with van der Waals surface area (Å²) in [5, 5.41) is 11.6. The van der Waals surface area contributed by atoms with Crippen molar-refractivity contribution in [1.82, 2.24) is 25.7 Å². The number of guanidine groups is 1. The van der Waals surface area contributed by atoms with E-state index >= 15 is 0 Å². The zero-order valence-corrected chi connectivity index (χ0v) is 18.6. The van der Waals surface area contributed by atoms with Crippen molar-refractivity contribution in [3.05, 3.63) is 47.3 Å². The molecule has 7 nitrogen and oxygen atoms in total. The van der Waals surface area contributed by atoms with Gasteiger partial charge in [-0.05, 0) is 38.8 Å². The summed E-state index contributed by atoms with van der Waals surface area (Å²) < 4.78 is 5.37. The first-order valence-electron chi connectivity index (χ1n) is 10.5. The molecule has 8 heteroatoms. The fourth-order valence-electron chi connectivity index (χ4n) is 3.50. The molecule has 0 aliphatic carbocycles. The van der Waals surface area contributed by atoms with Gasteiger partial charge in [0.15, 0.2) is 5.96 Å². The Balaban J connectivity index is 1.50. The van der Waals surface area contributed by atoms with E-state index in [1.165, 1.54) is 5.57 Å². The number of rotatable bonds is 8. The molecule has 1 aromatic heterocycles. The van der Waals surface area contributed by atoms with Crippen molar-refractivity contribution in [1.29, 1.82) is 0 Å². The van der Waals surface area contributed by atoms with Gasteiger partial charge >= 0.3 is 0 Å². The van der Waals surface area contributed by atoms with E-state index < -0.39 is 0 Å². The third kappa shape index (κ3) is 6.85. The molecule has 0 atom stereocenters. The van der Waals surface area contributed by atoms with E-state index in [-0.39, 0.29) is 0 Å². The molecule has 0 amide bonds. The molecule has 0 unspecified atom stereocenters. The Hall–Kier alpha value is -2.38. The lowest BCUT2D eigenvalue weighted by Crippen LogP contribution is -2.49. The van der Waals surface area contributed by atoms with Crippen LogP contribution in [-0.2, 0) is 6.42 Å². The lowest BCUT2D eigenvalue weighted by molar-refractivity contribution is 0.221. The Morgan fingerprint density at radius 3 is 2.87 bits per heavy atom. The lowest BCUT2D eigenvalue weighted by atomic mass is 10.0. The van der Waals surface area contributed by atoms with E-state index in [0.29, 0.717) is 35.7 Å². The first-order chi connectivity index (χ1) is 14.5. The van der Waals surface area contributed by atoms with Crippen LogP contribution >= 0.6 is 11.6 Å². The number of halogens is 1. The van der Waals surface area contributed by atoms with E-state index in [0.717, 1.165) is 50.5 Å². The average molecular weight is 431 g/mol. The second-order valence-electron chi connectivity index (χ2n) is 7.68. The third-order valence-electron chi connectivity index (χ3n) is 4.91. The minimum Gasteiger partial charge on any atom is -0.357 e. The molecule has 2 N–H and O–H groups in total. The van der Waals surface area contributed by atoms with Gasteiger partial charge in [0, 0.05) is 49.2 Å². The first kappa shape index (κ1) is 22.3. The van der Waals surface area contributed by atoms with Crippen LogP contribution < -0.4 is 10.6 Å². The fourth-order valence-corrected chi connectivity index (χ4v) is 3.69. The van der Waals surface area contributed by atoms with Gasteiger partial charge in [0.1, 0.15) is 0 Å². The van der Waals surface area contributed by atoms with Crippen LogP contribution in [0.4, 0.5) is 0 Å². The van der Waals surface area contributed by atoms with Crippen molar-refractivity contribution in [2.45, 2.75) is 39.2 Å². The summed E-state index contributed by atoms with van der Waals surface area (Å²) in [6.07, 6.45) is 2.79. The third-order valence-corrected chi connectivity index (χ3v) is 5.15. The number of aliphatic imine (C=N–C) groups is 1. The fraction of sp³-hybridized carbons (Fsp3) is 0.500. The van der Waals surface area contributed by atoms with Crippen LogP contribution in [0.3, 0.4) is 0 Å². The Bertz CT molecular complexity index is 857. The zero-order valence-electron chi connectivity index (χ0n) is 17.8. The van der Waals surface area contributed by atoms with Crippen LogP contribution in [0.2, 0.25) is 5.02 Å². The van der Waals surface area contributed by atoms with Crippen LogP contribution in [0.25, 0.3) is 11.4 Å². The Morgan fingerprint density at radius 1 is 1.37 bits per heavy atom. The monoisotopic (exact) mass is 430 g/mol. The molecule has 1 fully saturated rings. The van der Waals surface area contributed by atoms with Crippen molar-refractivity contribution in [3.63, 3.8) is 0 Å². The summed E-state index contributed by atoms with van der Waals surface area (Å²) in [6.45, 7) is 12.7. The highest BCUT2D eigenvalue weighted by atomic mass is 35.5. The Morgan fingerprint density at radius 2 is 2.17 bits per heavy atom. The van der Waals surface area contributed by atoms with Gasteiger partial charge in [-0.2, -0.15) is 4.98 Å². The van der Waals surface area contributed by atoms with Crippen LogP contribution in [0.5, 0.6) is 0 Å². The maximum atomic E-state index is 6.04. The largest absolute Gasteiger partial charge is 0.357 e. The summed E-state index contributed by atoms with van der Waals surface area (Å²) in [6, 6.07) is 7.86. The van der Waals surface area contributed by atoms with Crippen LogP contribution in [0, 0.1) is 0 Å². The van der Waals surface area contributed by atoms with Gasteiger partial charge in [-0.15, -0.1) is 0 Å². The van der Waals surface area contributed by atoms with E-state index in [4.69, 9.17) is 16.1 Å². The van der Waals surface area contributed by atoms with Gasteiger partial charge in [0.05, 0.1) is 6.54 Å². The number of nitrogens with one attached hydrogen (secondary N) is 2. The number of aromatic nitrogens is 2. The summed E-state index contributed by atoms with van der Waals surface area (Å²) in [5.41, 5.74) is 2.06. The zero-order chi connectivity index (χ0) is 21.3. The quantitative estimate of drug-likeness (QED) is 0.379. The molecule has 3 rings (SSSR count). The van der Waals surface area contributed by atoms with Gasteiger partial charge in [-0.1, -0.05) is 41.0 Å². The van der Waals surface area contributed by atoms with E-state index in [9.17, 15) is 0 Å². The molecule has 0 spiro atoms. The highest BCUT2D eigenvalue weighted by Gasteiger charge is 2.19. The molecule has 1 saturated heterocycles. The highest BCUT2D eigenvalue weighted by molar-refractivity contribution is 6.30. The molecule has 30 heavy (non-hydrogen) atoms. The molecule has 0 bridgehead atoms. The van der Waals surface area contributed by atoms with Crippen molar-refractivity contribution < 1.29 is 4.52 Å². The molecule has 1 aromatic carbocycles. The van der Waals surface area contributed by atoms with Gasteiger partial charge in [-0.25, -0.2) is 0 Å². The molecule has 1 aliphatic rings. The number of nitrogens with zero attached hydrogens (tertiary/aromatic N) is 4. The minimum absolute atomic E-state index is 0.432. The van der Waals surface area contributed by atoms with Crippen molar-refractivity contribution >= 4 is 17.6 Å². The number of hydrogen-bond acceptors (Lipinski definition) is 5. The van der Waals surface area contributed by atoms with Crippen molar-refractivity contribution in [2.24, 2.45) is 4.99 Å². The van der Waals surface area contributed by atoms with Crippen LogP contribution in [0.1, 0.15) is 32.6 Å². The standard InChI is InChI=1S/C22H31ClN6O/c1-4-24-22(26-19-9-12-29(13-10-19)15-16(2)3)25-11-8-20-27-21(28-30-20)17-6-5-7-18(23)14-17/h5-7,14,19H,2,4,8-13,15H2,1,3H3,(H2,24,25,26). The highest BCUT2D eigenvalue weighted by Crippen LogP contribution is 2.20. The first-order valence-corrected chi connectivity index (χ1v) is 10.9. The molecule has 162 valence electrons. The summed E-state index contributed by atoms with van der Waals surface area (Å²) in [7, 11) is 0. The molecule has 2 aromatic rings. The molecule has 1 aliphatic heterocycles. The van der Waals surface area contributed by atoms with Gasteiger partial charge < -0.3 is 15.2 Å². The lowest BCUT2D eigenvalue weighted by Gasteiger charge is -2.33. The molecule has 0 radical (unpaired) electrons. The number of piperidine rings is 1. The summed E-state index contributed by atoms with van der Waals surface area (Å²) >= 11 is 6.04. The molecule has 2 heterocycles. The SMILES string of the molecule is C=C(C)CN1CCC(NC(=NCCc2nc(-c3cccc(Cl)c3)no2)NCC)CC1. The van der Waals surface area contributed by atoms with Crippen LogP contribution in [0.15, 0.2) is 45.9 Å². The van der Waals surface area contributed by atoms with E-state index in [1.807, 2.05) is 24.3 Å². The predicted octanol–water partition coefficient (Wildman–Crippen LogP) is 3.53. The molecular weight excluding hydrogens is 400 g/mol. The number of hydrogen-bond donors (Lipinski definition) is 2.